The average Bonchev–Trinajstić information content (AvgIpc) is 3.18. The van der Waals surface area contributed by atoms with Gasteiger partial charge in [0.1, 0.15) is 5.69 Å². The van der Waals surface area contributed by atoms with Crippen molar-refractivity contribution in [3.05, 3.63) is 64.3 Å². The number of nitrogens with one attached hydrogen (secondary N) is 1. The monoisotopic (exact) mass is 383 g/mol. The van der Waals surface area contributed by atoms with E-state index >= 15 is 0 Å². The molecule has 0 saturated carbocycles. The van der Waals surface area contributed by atoms with Crippen LogP contribution >= 0.6 is 11.6 Å². The molecule has 0 fully saturated rings. The van der Waals surface area contributed by atoms with Gasteiger partial charge >= 0.3 is 0 Å². The van der Waals surface area contributed by atoms with Crippen molar-refractivity contribution in [1.82, 2.24) is 15.1 Å². The number of rotatable bonds is 4. The summed E-state index contributed by atoms with van der Waals surface area (Å²) in [6.07, 6.45) is 0. The van der Waals surface area contributed by atoms with E-state index in [1.54, 1.807) is 42.3 Å². The van der Waals surface area contributed by atoms with E-state index in [2.05, 4.69) is 10.2 Å². The summed E-state index contributed by atoms with van der Waals surface area (Å²) < 4.78 is 5.50. The number of H-pyrrole nitrogens is 1. The Morgan fingerprint density at radius 1 is 1.26 bits per heavy atom. The molecule has 1 aromatic heterocycles. The fourth-order valence-corrected chi connectivity index (χ4v) is 3.58. The van der Waals surface area contributed by atoms with Gasteiger partial charge in [-0.2, -0.15) is 5.10 Å². The van der Waals surface area contributed by atoms with Crippen molar-refractivity contribution in [2.75, 3.05) is 13.7 Å². The van der Waals surface area contributed by atoms with Crippen LogP contribution < -0.4 is 4.74 Å². The highest BCUT2D eigenvalue weighted by Gasteiger charge is 2.40. The maximum absolute atomic E-state index is 12.7. The Hall–Kier alpha value is -2.99. The number of halogens is 1. The van der Waals surface area contributed by atoms with E-state index in [0.29, 0.717) is 28.8 Å². The molecule has 7 heteroatoms. The number of phenols is 1. The standard InChI is InChI=1S/C20H18ClN3O3/c1-3-27-15-10-12(6-9-14(15)25)19-16-17(11-4-7-13(21)8-5-11)22-23-18(16)20(26)24(19)2/h4-10,19,25H,3H2,1-2H3,(H,22,23). The van der Waals surface area contributed by atoms with E-state index in [9.17, 15) is 9.90 Å². The first-order valence-corrected chi connectivity index (χ1v) is 8.96. The Kier molecular flexibility index (Phi) is 4.28. The first-order valence-electron chi connectivity index (χ1n) is 8.58. The van der Waals surface area contributed by atoms with Crippen LogP contribution in [0.2, 0.25) is 5.02 Å². The topological polar surface area (TPSA) is 78.5 Å². The molecule has 0 saturated heterocycles. The zero-order chi connectivity index (χ0) is 19.1. The first kappa shape index (κ1) is 17.4. The molecule has 2 heterocycles. The summed E-state index contributed by atoms with van der Waals surface area (Å²) in [5.74, 6) is 0.326. The predicted molar refractivity (Wildman–Crippen MR) is 102 cm³/mol. The van der Waals surface area contributed by atoms with Crippen LogP contribution in [0.15, 0.2) is 42.5 Å². The molecule has 0 spiro atoms. The third kappa shape index (κ3) is 2.82. The zero-order valence-electron chi connectivity index (χ0n) is 14.9. The SMILES string of the molecule is CCOc1cc(C2c3c(-c4ccc(Cl)cc4)n[nH]c3C(=O)N2C)ccc1O. The van der Waals surface area contributed by atoms with Gasteiger partial charge in [-0.25, -0.2) is 0 Å². The normalized spacial score (nSPS) is 15.9. The summed E-state index contributed by atoms with van der Waals surface area (Å²) >= 11 is 6.00. The molecule has 3 aromatic rings. The van der Waals surface area contributed by atoms with Crippen molar-refractivity contribution in [3.63, 3.8) is 0 Å². The second-order valence-corrected chi connectivity index (χ2v) is 6.78. The minimum absolute atomic E-state index is 0.0675. The Labute approximate surface area is 161 Å². The molecule has 2 aromatic carbocycles. The van der Waals surface area contributed by atoms with Crippen LogP contribution in [0.3, 0.4) is 0 Å². The number of hydrogen-bond donors (Lipinski definition) is 2. The predicted octanol–water partition coefficient (Wildman–Crippen LogP) is 4.01. The molecule has 138 valence electrons. The van der Waals surface area contributed by atoms with E-state index in [-0.39, 0.29) is 17.7 Å². The number of carbonyl (C=O) groups excluding carboxylic acids is 1. The summed E-state index contributed by atoms with van der Waals surface area (Å²) in [4.78, 5) is 14.4. The number of nitrogens with zero attached hydrogens (tertiary/aromatic N) is 2. The number of aromatic amines is 1. The van der Waals surface area contributed by atoms with Crippen LogP contribution in [0.25, 0.3) is 11.3 Å². The molecule has 1 atom stereocenters. The summed E-state index contributed by atoms with van der Waals surface area (Å²) in [6, 6.07) is 12.1. The number of fused-ring (bicyclic) bond motifs is 1. The Bertz CT molecular complexity index is 1010. The van der Waals surface area contributed by atoms with Gasteiger partial charge in [0.15, 0.2) is 11.5 Å². The fraction of sp³-hybridized carbons (Fsp3) is 0.200. The Morgan fingerprint density at radius 2 is 2.00 bits per heavy atom. The van der Waals surface area contributed by atoms with E-state index in [1.807, 2.05) is 19.1 Å². The maximum atomic E-state index is 12.7. The van der Waals surface area contributed by atoms with E-state index in [1.165, 1.54) is 0 Å². The van der Waals surface area contributed by atoms with Gasteiger partial charge in [-0.05, 0) is 36.8 Å². The molecule has 0 radical (unpaired) electrons. The van der Waals surface area contributed by atoms with E-state index in [4.69, 9.17) is 16.3 Å². The lowest BCUT2D eigenvalue weighted by Crippen LogP contribution is -2.24. The quantitative estimate of drug-likeness (QED) is 0.713. The number of ether oxygens (including phenoxy) is 1. The molecule has 1 unspecified atom stereocenters. The minimum Gasteiger partial charge on any atom is -0.504 e. The summed E-state index contributed by atoms with van der Waals surface area (Å²) in [5, 5.41) is 17.9. The van der Waals surface area contributed by atoms with Gasteiger partial charge in [0, 0.05) is 23.2 Å². The Morgan fingerprint density at radius 3 is 2.70 bits per heavy atom. The summed E-state index contributed by atoms with van der Waals surface area (Å²) in [7, 11) is 1.75. The van der Waals surface area contributed by atoms with Crippen molar-refractivity contribution >= 4 is 17.5 Å². The van der Waals surface area contributed by atoms with E-state index < -0.39 is 0 Å². The molecule has 1 aliphatic heterocycles. The molecule has 4 rings (SSSR count). The lowest BCUT2D eigenvalue weighted by molar-refractivity contribution is 0.0787. The van der Waals surface area contributed by atoms with E-state index in [0.717, 1.165) is 16.7 Å². The van der Waals surface area contributed by atoms with Crippen LogP contribution in [0.4, 0.5) is 0 Å². The second-order valence-electron chi connectivity index (χ2n) is 6.35. The highest BCUT2D eigenvalue weighted by Crippen LogP contribution is 2.43. The third-order valence-corrected chi connectivity index (χ3v) is 4.97. The van der Waals surface area contributed by atoms with Gasteiger partial charge in [0.2, 0.25) is 0 Å². The van der Waals surface area contributed by atoms with Gasteiger partial charge in [0.05, 0.1) is 18.3 Å². The first-order chi connectivity index (χ1) is 13.0. The van der Waals surface area contributed by atoms with Gasteiger partial charge in [-0.1, -0.05) is 29.8 Å². The van der Waals surface area contributed by atoms with Crippen LogP contribution in [-0.2, 0) is 0 Å². The number of carbonyl (C=O) groups is 1. The maximum Gasteiger partial charge on any atom is 0.272 e. The van der Waals surface area contributed by atoms with Crippen molar-refractivity contribution in [1.29, 1.82) is 0 Å². The summed E-state index contributed by atoms with van der Waals surface area (Å²) in [5.41, 5.74) is 3.68. The van der Waals surface area contributed by atoms with Crippen LogP contribution in [0, 0.1) is 0 Å². The number of aromatic hydroxyl groups is 1. The van der Waals surface area contributed by atoms with Crippen molar-refractivity contribution < 1.29 is 14.6 Å². The number of phenolic OH excluding ortho intramolecular Hbond substituents is 1. The van der Waals surface area contributed by atoms with Crippen molar-refractivity contribution in [2.45, 2.75) is 13.0 Å². The average molecular weight is 384 g/mol. The van der Waals surface area contributed by atoms with Crippen LogP contribution in [-0.4, -0.2) is 39.8 Å². The smallest absolute Gasteiger partial charge is 0.272 e. The van der Waals surface area contributed by atoms with Gasteiger partial charge in [-0.15, -0.1) is 0 Å². The summed E-state index contributed by atoms with van der Waals surface area (Å²) in [6.45, 7) is 2.29. The minimum atomic E-state index is -0.336. The number of aromatic nitrogens is 2. The molecule has 27 heavy (non-hydrogen) atoms. The van der Waals surface area contributed by atoms with Crippen LogP contribution in [0.1, 0.15) is 34.6 Å². The zero-order valence-corrected chi connectivity index (χ0v) is 15.6. The van der Waals surface area contributed by atoms with Crippen molar-refractivity contribution in [2.24, 2.45) is 0 Å². The molecular weight excluding hydrogens is 366 g/mol. The largest absolute Gasteiger partial charge is 0.504 e. The van der Waals surface area contributed by atoms with Crippen molar-refractivity contribution in [3.8, 4) is 22.8 Å². The molecule has 2 N–H and O–H groups in total. The lowest BCUT2D eigenvalue weighted by atomic mass is 9.96. The van der Waals surface area contributed by atoms with Gasteiger partial charge < -0.3 is 14.7 Å². The molecule has 1 amide bonds. The lowest BCUT2D eigenvalue weighted by Gasteiger charge is -2.22. The molecule has 0 aliphatic carbocycles. The fourth-order valence-electron chi connectivity index (χ4n) is 3.46. The number of hydrogen-bond acceptors (Lipinski definition) is 4. The molecule has 1 aliphatic rings. The third-order valence-electron chi connectivity index (χ3n) is 4.72. The number of amides is 1. The van der Waals surface area contributed by atoms with Gasteiger partial charge in [0.25, 0.3) is 5.91 Å². The molecular formula is C20H18ClN3O3. The van der Waals surface area contributed by atoms with Crippen LogP contribution in [0.5, 0.6) is 11.5 Å². The van der Waals surface area contributed by atoms with Gasteiger partial charge in [-0.3, -0.25) is 9.89 Å². The second kappa shape index (κ2) is 6.63. The molecule has 0 bridgehead atoms. The highest BCUT2D eigenvalue weighted by atomic mass is 35.5. The number of benzene rings is 2. The molecule has 6 nitrogen and oxygen atoms in total. The highest BCUT2D eigenvalue weighted by molar-refractivity contribution is 6.30. The Balaban J connectivity index is 1.85.